The van der Waals surface area contributed by atoms with E-state index in [9.17, 15) is 9.59 Å². The van der Waals surface area contributed by atoms with Crippen LogP contribution in [0.25, 0.3) is 4.96 Å². The topological polar surface area (TPSA) is 89.5 Å². The number of fused-ring (bicyclic) bond motifs is 1. The molecule has 0 atom stereocenters. The number of nitrogens with one attached hydrogen (secondary N) is 1. The first-order valence-electron chi connectivity index (χ1n) is 6.52. The predicted molar refractivity (Wildman–Crippen MR) is 79.2 cm³/mol. The minimum absolute atomic E-state index is 0.0375. The van der Waals surface area contributed by atoms with Gasteiger partial charge in [-0.3, -0.25) is 14.0 Å². The Labute approximate surface area is 120 Å². The summed E-state index contributed by atoms with van der Waals surface area (Å²) in [5, 5.41) is 4.48. The molecular formula is C13H18N4O2S. The van der Waals surface area contributed by atoms with Gasteiger partial charge in [0.1, 0.15) is 5.56 Å². The van der Waals surface area contributed by atoms with Crippen LogP contribution in [0.4, 0.5) is 0 Å². The molecule has 20 heavy (non-hydrogen) atoms. The van der Waals surface area contributed by atoms with Crippen molar-refractivity contribution in [1.82, 2.24) is 14.7 Å². The molecular weight excluding hydrogens is 276 g/mol. The maximum atomic E-state index is 12.1. The standard InChI is InChI=1S/C13H18N4O2S/c1-3-13(14,4-2)8-16-10(18)9-7-15-12-17(11(9)19)5-6-20-12/h5-7H,3-4,8,14H2,1-2H3,(H,16,18). The van der Waals surface area contributed by atoms with Crippen LogP contribution in [0, 0.1) is 0 Å². The maximum absolute atomic E-state index is 12.1. The number of carbonyl (C=O) groups is 1. The third kappa shape index (κ3) is 2.73. The van der Waals surface area contributed by atoms with E-state index in [1.165, 1.54) is 21.9 Å². The minimum atomic E-state index is -0.439. The van der Waals surface area contributed by atoms with Gasteiger partial charge in [0.25, 0.3) is 11.5 Å². The predicted octanol–water partition coefficient (Wildman–Crippen LogP) is 1.00. The third-order valence-corrected chi connectivity index (χ3v) is 4.37. The molecule has 0 saturated heterocycles. The molecule has 0 fully saturated rings. The smallest absolute Gasteiger partial charge is 0.271 e. The van der Waals surface area contributed by atoms with E-state index in [0.29, 0.717) is 11.5 Å². The van der Waals surface area contributed by atoms with E-state index in [1.54, 1.807) is 11.6 Å². The first kappa shape index (κ1) is 14.7. The lowest BCUT2D eigenvalue weighted by Crippen LogP contribution is -2.49. The summed E-state index contributed by atoms with van der Waals surface area (Å²) in [4.78, 5) is 28.9. The zero-order valence-corrected chi connectivity index (χ0v) is 12.4. The first-order chi connectivity index (χ1) is 9.50. The van der Waals surface area contributed by atoms with Gasteiger partial charge in [-0.2, -0.15) is 0 Å². The van der Waals surface area contributed by atoms with Gasteiger partial charge in [-0.1, -0.05) is 13.8 Å². The molecule has 0 aliphatic carbocycles. The Morgan fingerprint density at radius 1 is 1.50 bits per heavy atom. The summed E-state index contributed by atoms with van der Waals surface area (Å²) in [6.45, 7) is 4.29. The summed E-state index contributed by atoms with van der Waals surface area (Å²) < 4.78 is 1.37. The molecule has 2 rings (SSSR count). The van der Waals surface area contributed by atoms with Gasteiger partial charge in [-0.15, -0.1) is 11.3 Å². The minimum Gasteiger partial charge on any atom is -0.350 e. The quantitative estimate of drug-likeness (QED) is 0.861. The SMILES string of the molecule is CCC(N)(CC)CNC(=O)c1cnc2sccn2c1=O. The van der Waals surface area contributed by atoms with Gasteiger partial charge in [0, 0.05) is 29.9 Å². The molecule has 0 aliphatic rings. The molecule has 3 N–H and O–H groups in total. The van der Waals surface area contributed by atoms with Crippen LogP contribution in [-0.2, 0) is 0 Å². The number of nitrogens with zero attached hydrogens (tertiary/aromatic N) is 2. The Kier molecular flexibility index (Phi) is 4.20. The highest BCUT2D eigenvalue weighted by atomic mass is 32.1. The van der Waals surface area contributed by atoms with Crippen molar-refractivity contribution in [2.45, 2.75) is 32.2 Å². The molecule has 2 aromatic heterocycles. The Morgan fingerprint density at radius 3 is 2.85 bits per heavy atom. The molecule has 2 heterocycles. The molecule has 6 nitrogen and oxygen atoms in total. The Bertz CT molecular complexity index is 672. The molecule has 0 aliphatic heterocycles. The molecule has 0 spiro atoms. The number of carbonyl (C=O) groups excluding carboxylic acids is 1. The van der Waals surface area contributed by atoms with Crippen molar-refractivity contribution < 1.29 is 4.79 Å². The van der Waals surface area contributed by atoms with E-state index in [0.717, 1.165) is 12.8 Å². The number of aromatic nitrogens is 2. The van der Waals surface area contributed by atoms with Gasteiger partial charge in [0.2, 0.25) is 0 Å². The molecule has 0 saturated carbocycles. The lowest BCUT2D eigenvalue weighted by molar-refractivity contribution is 0.0940. The molecule has 2 aromatic rings. The molecule has 108 valence electrons. The van der Waals surface area contributed by atoms with Crippen LogP contribution in [0.2, 0.25) is 0 Å². The zero-order chi connectivity index (χ0) is 14.8. The van der Waals surface area contributed by atoms with Crippen molar-refractivity contribution in [3.8, 4) is 0 Å². The van der Waals surface area contributed by atoms with Crippen LogP contribution >= 0.6 is 11.3 Å². The molecule has 1 amide bonds. The van der Waals surface area contributed by atoms with Gasteiger partial charge in [-0.25, -0.2) is 4.98 Å². The summed E-state index contributed by atoms with van der Waals surface area (Å²) in [7, 11) is 0. The summed E-state index contributed by atoms with van der Waals surface area (Å²) in [5.74, 6) is -0.431. The third-order valence-electron chi connectivity index (χ3n) is 3.60. The normalized spacial score (nSPS) is 11.8. The second-order valence-electron chi connectivity index (χ2n) is 4.78. The molecule has 7 heteroatoms. The maximum Gasteiger partial charge on any atom is 0.271 e. The van der Waals surface area contributed by atoms with Crippen LogP contribution in [-0.4, -0.2) is 27.4 Å². The highest BCUT2D eigenvalue weighted by Gasteiger charge is 2.22. The van der Waals surface area contributed by atoms with Gasteiger partial charge < -0.3 is 11.1 Å². The lowest BCUT2D eigenvalue weighted by Gasteiger charge is -2.26. The summed E-state index contributed by atoms with van der Waals surface area (Å²) in [6.07, 6.45) is 4.44. The number of amides is 1. The van der Waals surface area contributed by atoms with E-state index >= 15 is 0 Å². The molecule has 0 aromatic carbocycles. The van der Waals surface area contributed by atoms with Crippen molar-refractivity contribution in [3.63, 3.8) is 0 Å². The van der Waals surface area contributed by atoms with Crippen LogP contribution in [0.15, 0.2) is 22.6 Å². The van der Waals surface area contributed by atoms with Crippen molar-refractivity contribution >= 4 is 22.2 Å². The fourth-order valence-electron chi connectivity index (χ4n) is 1.83. The van der Waals surface area contributed by atoms with Crippen molar-refractivity contribution in [3.05, 3.63) is 33.7 Å². The van der Waals surface area contributed by atoms with E-state index in [1.807, 2.05) is 13.8 Å². The summed E-state index contributed by atoms with van der Waals surface area (Å²) >= 11 is 1.35. The number of nitrogens with two attached hydrogens (primary N) is 1. The number of thiazole rings is 1. The fourth-order valence-corrected chi connectivity index (χ4v) is 2.51. The van der Waals surface area contributed by atoms with Crippen LogP contribution in [0.1, 0.15) is 37.0 Å². The average molecular weight is 294 g/mol. The van der Waals surface area contributed by atoms with E-state index < -0.39 is 11.4 Å². The second kappa shape index (κ2) is 5.72. The van der Waals surface area contributed by atoms with Crippen LogP contribution < -0.4 is 16.6 Å². The van der Waals surface area contributed by atoms with Crippen LogP contribution in [0.5, 0.6) is 0 Å². The van der Waals surface area contributed by atoms with Crippen LogP contribution in [0.3, 0.4) is 0 Å². The molecule has 0 bridgehead atoms. The van der Waals surface area contributed by atoms with Crippen molar-refractivity contribution in [2.75, 3.05) is 6.54 Å². The zero-order valence-electron chi connectivity index (χ0n) is 11.5. The van der Waals surface area contributed by atoms with Gasteiger partial charge in [0.05, 0.1) is 0 Å². The van der Waals surface area contributed by atoms with Gasteiger partial charge in [0.15, 0.2) is 4.96 Å². The summed E-state index contributed by atoms with van der Waals surface area (Å²) in [5.41, 5.74) is 5.36. The van der Waals surface area contributed by atoms with Gasteiger partial charge in [-0.05, 0) is 12.8 Å². The van der Waals surface area contributed by atoms with E-state index in [2.05, 4.69) is 10.3 Å². The molecule has 0 unspecified atom stereocenters. The largest absolute Gasteiger partial charge is 0.350 e. The number of hydrogen-bond donors (Lipinski definition) is 2. The first-order valence-corrected chi connectivity index (χ1v) is 7.40. The summed E-state index contributed by atoms with van der Waals surface area (Å²) in [6, 6.07) is 0. The van der Waals surface area contributed by atoms with E-state index in [4.69, 9.17) is 5.73 Å². The number of rotatable bonds is 5. The second-order valence-corrected chi connectivity index (χ2v) is 5.66. The number of hydrogen-bond acceptors (Lipinski definition) is 5. The Hall–Kier alpha value is -1.73. The highest BCUT2D eigenvalue weighted by Crippen LogP contribution is 2.10. The fraction of sp³-hybridized carbons (Fsp3) is 0.462. The van der Waals surface area contributed by atoms with E-state index in [-0.39, 0.29) is 11.1 Å². The lowest BCUT2D eigenvalue weighted by atomic mass is 9.94. The Balaban J connectivity index is 2.20. The average Bonchev–Trinajstić information content (AvgIpc) is 2.94. The monoisotopic (exact) mass is 294 g/mol. The molecule has 0 radical (unpaired) electrons. The highest BCUT2D eigenvalue weighted by molar-refractivity contribution is 7.15. The van der Waals surface area contributed by atoms with Gasteiger partial charge >= 0.3 is 0 Å². The van der Waals surface area contributed by atoms with Crippen molar-refractivity contribution in [1.29, 1.82) is 0 Å². The Morgan fingerprint density at radius 2 is 2.20 bits per heavy atom. The van der Waals surface area contributed by atoms with Crippen molar-refractivity contribution in [2.24, 2.45) is 5.73 Å².